The van der Waals surface area contributed by atoms with E-state index in [0.717, 1.165) is 24.9 Å². The quantitative estimate of drug-likeness (QED) is 0.702. The average molecular weight is 245 g/mol. The monoisotopic (exact) mass is 244 g/mol. The van der Waals surface area contributed by atoms with Crippen LogP contribution in [0.4, 0.5) is 0 Å². The molecule has 0 amide bonds. The summed E-state index contributed by atoms with van der Waals surface area (Å²) in [5.74, 6) is 0. The van der Waals surface area contributed by atoms with Crippen molar-refractivity contribution in [3.8, 4) is 0 Å². The standard InChI is InChI=1S/C13H14BClN2/c1-7-9-5-4-6-17-12(9)11(16-13(17)15)8(2)10(7)14-3/h3-6H2,1-2H3. The molecule has 17 heavy (non-hydrogen) atoms. The number of rotatable bonds is 1. The number of hydrogen-bond donors (Lipinski definition) is 0. The van der Waals surface area contributed by atoms with Crippen molar-refractivity contribution < 1.29 is 0 Å². The Morgan fingerprint density at radius 2 is 2.12 bits per heavy atom. The van der Waals surface area contributed by atoms with Gasteiger partial charge in [0.2, 0.25) is 0 Å². The molecular weight excluding hydrogens is 230 g/mol. The summed E-state index contributed by atoms with van der Waals surface area (Å²) in [6.07, 6.45) is 2.25. The molecular formula is C13H14BClN2. The number of nitrogens with zero attached hydrogens (tertiary/aromatic N) is 2. The Hall–Kier alpha value is -1.09. The van der Waals surface area contributed by atoms with Crippen LogP contribution in [-0.4, -0.2) is 22.9 Å². The van der Waals surface area contributed by atoms with Crippen LogP contribution in [0.25, 0.3) is 11.0 Å². The van der Waals surface area contributed by atoms with E-state index in [0.29, 0.717) is 5.28 Å². The van der Waals surface area contributed by atoms with Gasteiger partial charge in [-0.1, -0.05) is 0 Å². The average Bonchev–Trinajstić information content (AvgIpc) is 2.66. The van der Waals surface area contributed by atoms with Gasteiger partial charge in [-0.25, -0.2) is 0 Å². The van der Waals surface area contributed by atoms with Crippen molar-refractivity contribution >= 4 is 41.5 Å². The summed E-state index contributed by atoms with van der Waals surface area (Å²) in [5, 5.41) is 0.615. The second kappa shape index (κ2) is 3.71. The van der Waals surface area contributed by atoms with E-state index in [4.69, 9.17) is 11.6 Å². The van der Waals surface area contributed by atoms with Crippen molar-refractivity contribution in [1.29, 1.82) is 0 Å². The zero-order valence-corrected chi connectivity index (χ0v) is 10.9. The zero-order valence-electron chi connectivity index (χ0n) is 10.2. The molecule has 0 radical (unpaired) electrons. The van der Waals surface area contributed by atoms with Crippen molar-refractivity contribution in [2.75, 3.05) is 0 Å². The van der Waals surface area contributed by atoms with E-state index in [2.05, 4.69) is 29.9 Å². The molecule has 1 aromatic heterocycles. The Bertz CT molecular complexity index is 643. The zero-order chi connectivity index (χ0) is 12.2. The fourth-order valence-corrected chi connectivity index (χ4v) is 3.23. The van der Waals surface area contributed by atoms with E-state index >= 15 is 0 Å². The molecule has 86 valence electrons. The van der Waals surface area contributed by atoms with Gasteiger partial charge in [-0.15, -0.1) is 0 Å². The van der Waals surface area contributed by atoms with E-state index in [1.54, 1.807) is 0 Å². The van der Waals surface area contributed by atoms with E-state index in [1.807, 2.05) is 6.92 Å². The second-order valence-corrected chi connectivity index (χ2v) is 5.02. The number of imidazole rings is 1. The van der Waals surface area contributed by atoms with Crippen LogP contribution >= 0.6 is 11.6 Å². The van der Waals surface area contributed by atoms with Crippen LogP contribution in [0.2, 0.25) is 5.28 Å². The Morgan fingerprint density at radius 3 is 2.82 bits per heavy atom. The van der Waals surface area contributed by atoms with Crippen molar-refractivity contribution in [2.45, 2.75) is 33.2 Å². The molecule has 2 heterocycles. The summed E-state index contributed by atoms with van der Waals surface area (Å²) in [6.45, 7) is 11.1. The molecule has 0 saturated carbocycles. The van der Waals surface area contributed by atoms with E-state index < -0.39 is 0 Å². The fourth-order valence-electron chi connectivity index (χ4n) is 2.97. The predicted octanol–water partition coefficient (Wildman–Crippen LogP) is 2.01. The molecule has 3 rings (SSSR count). The molecule has 0 bridgehead atoms. The van der Waals surface area contributed by atoms with Crippen LogP contribution in [0.15, 0.2) is 0 Å². The summed E-state index contributed by atoms with van der Waals surface area (Å²) in [6, 6.07) is 0. The molecule has 1 aliphatic heterocycles. The predicted molar refractivity (Wildman–Crippen MR) is 75.0 cm³/mol. The first-order valence-electron chi connectivity index (χ1n) is 5.95. The van der Waals surface area contributed by atoms with Gasteiger partial charge in [-0.2, -0.15) is 0 Å². The van der Waals surface area contributed by atoms with Crippen LogP contribution in [0.5, 0.6) is 0 Å². The normalized spacial score (nSPS) is 14.1. The van der Waals surface area contributed by atoms with Crippen LogP contribution in [-0.2, 0) is 13.0 Å². The number of aromatic nitrogens is 2. The molecule has 0 spiro atoms. The third-order valence-corrected chi connectivity index (χ3v) is 4.12. The Labute approximate surface area is 107 Å². The van der Waals surface area contributed by atoms with E-state index in [-0.39, 0.29) is 0 Å². The van der Waals surface area contributed by atoms with Gasteiger partial charge in [0.1, 0.15) is 0 Å². The summed E-state index contributed by atoms with van der Waals surface area (Å²) < 4.78 is 2.14. The molecule has 0 atom stereocenters. The molecule has 2 aromatic rings. The summed E-state index contributed by atoms with van der Waals surface area (Å²) >= 11 is 6.22. The first-order valence-corrected chi connectivity index (χ1v) is 6.33. The van der Waals surface area contributed by atoms with Gasteiger partial charge in [-0.05, 0) is 0 Å². The Morgan fingerprint density at radius 1 is 1.35 bits per heavy atom. The topological polar surface area (TPSA) is 17.8 Å². The number of benzene rings is 1. The third-order valence-electron chi connectivity index (χ3n) is 3.84. The van der Waals surface area contributed by atoms with Gasteiger partial charge in [0.05, 0.1) is 0 Å². The molecule has 0 aliphatic carbocycles. The molecule has 2 nitrogen and oxygen atoms in total. The van der Waals surface area contributed by atoms with E-state index in [9.17, 15) is 0 Å². The summed E-state index contributed by atoms with van der Waals surface area (Å²) in [7, 11) is 0. The summed E-state index contributed by atoms with van der Waals surface area (Å²) in [5.41, 5.74) is 7.43. The number of aryl methyl sites for hydroxylation is 3. The Kier molecular flexibility index (Phi) is 2.40. The molecule has 0 unspecified atom stereocenters. The van der Waals surface area contributed by atoms with Crippen molar-refractivity contribution in [1.82, 2.24) is 9.55 Å². The van der Waals surface area contributed by atoms with Gasteiger partial charge in [0.15, 0.2) is 0 Å². The van der Waals surface area contributed by atoms with E-state index in [1.165, 1.54) is 27.7 Å². The van der Waals surface area contributed by atoms with Gasteiger partial charge in [-0.3, -0.25) is 0 Å². The van der Waals surface area contributed by atoms with Gasteiger partial charge in [0.25, 0.3) is 0 Å². The first kappa shape index (κ1) is 11.0. The fraction of sp³-hybridized carbons (Fsp3) is 0.385. The van der Waals surface area contributed by atoms with Gasteiger partial charge >= 0.3 is 106 Å². The van der Waals surface area contributed by atoms with Crippen molar-refractivity contribution in [2.24, 2.45) is 0 Å². The van der Waals surface area contributed by atoms with Crippen molar-refractivity contribution in [3.05, 3.63) is 22.0 Å². The Balaban J connectivity index is 2.56. The van der Waals surface area contributed by atoms with Crippen LogP contribution in [0.3, 0.4) is 0 Å². The molecule has 0 fully saturated rings. The molecule has 1 aromatic carbocycles. The van der Waals surface area contributed by atoms with Crippen LogP contribution < -0.4 is 5.46 Å². The maximum atomic E-state index is 6.22. The molecule has 4 heteroatoms. The summed E-state index contributed by atoms with van der Waals surface area (Å²) in [4.78, 5) is 4.51. The molecule has 0 saturated heterocycles. The maximum absolute atomic E-state index is 6.22. The molecule has 0 N–H and O–H groups in total. The van der Waals surface area contributed by atoms with Crippen LogP contribution in [0.1, 0.15) is 23.1 Å². The second-order valence-electron chi connectivity index (χ2n) is 4.68. The van der Waals surface area contributed by atoms with Gasteiger partial charge in [0, 0.05) is 0 Å². The number of halogens is 1. The third kappa shape index (κ3) is 1.35. The minimum absolute atomic E-state index is 0.615. The van der Waals surface area contributed by atoms with Crippen molar-refractivity contribution in [3.63, 3.8) is 0 Å². The minimum atomic E-state index is 0.615. The van der Waals surface area contributed by atoms with Crippen LogP contribution in [0, 0.1) is 13.8 Å². The van der Waals surface area contributed by atoms with Gasteiger partial charge < -0.3 is 0 Å². The first-order chi connectivity index (χ1) is 8.15. The SMILES string of the molecule is C=Bc1c(C)c2c3c(nc(Cl)n3CCC2)c1C. The molecule has 1 aliphatic rings. The number of hydrogen-bond acceptors (Lipinski definition) is 1.